The molecule has 0 atom stereocenters. The zero-order valence-electron chi connectivity index (χ0n) is 19.0. The van der Waals surface area contributed by atoms with Gasteiger partial charge in [0, 0.05) is 61.9 Å². The number of fused-ring (bicyclic) bond motifs is 1. The minimum atomic E-state index is -0.185. The SMILES string of the molecule is O=C(NCc1ccccc1)c1nn(CCO)c2c1CN(Cc1cccn1-c1ccccn1)CC2. The predicted molar refractivity (Wildman–Crippen MR) is 128 cm³/mol. The lowest BCUT2D eigenvalue weighted by molar-refractivity contribution is 0.0942. The van der Waals surface area contributed by atoms with E-state index in [1.54, 1.807) is 10.9 Å². The summed E-state index contributed by atoms with van der Waals surface area (Å²) in [6, 6.07) is 19.9. The normalized spacial score (nSPS) is 13.6. The van der Waals surface area contributed by atoms with Crippen LogP contribution in [0.1, 0.15) is 33.0 Å². The van der Waals surface area contributed by atoms with Gasteiger partial charge in [0.2, 0.25) is 0 Å². The summed E-state index contributed by atoms with van der Waals surface area (Å²) in [4.78, 5) is 19.9. The summed E-state index contributed by atoms with van der Waals surface area (Å²) < 4.78 is 3.89. The Morgan fingerprint density at radius 1 is 1.06 bits per heavy atom. The number of nitrogens with zero attached hydrogens (tertiary/aromatic N) is 5. The van der Waals surface area contributed by atoms with Crippen LogP contribution in [-0.2, 0) is 32.6 Å². The first-order valence-corrected chi connectivity index (χ1v) is 11.5. The second-order valence-corrected chi connectivity index (χ2v) is 8.41. The van der Waals surface area contributed by atoms with Crippen molar-refractivity contribution in [1.29, 1.82) is 0 Å². The van der Waals surface area contributed by atoms with Gasteiger partial charge >= 0.3 is 0 Å². The number of aliphatic hydroxyl groups is 1. The molecule has 0 saturated heterocycles. The van der Waals surface area contributed by atoms with Crippen molar-refractivity contribution in [3.05, 3.63) is 101 Å². The van der Waals surface area contributed by atoms with Crippen molar-refractivity contribution in [3.63, 3.8) is 0 Å². The van der Waals surface area contributed by atoms with Crippen molar-refractivity contribution in [2.75, 3.05) is 13.2 Å². The van der Waals surface area contributed by atoms with Crippen LogP contribution in [0.5, 0.6) is 0 Å². The molecule has 8 heteroatoms. The van der Waals surface area contributed by atoms with Gasteiger partial charge in [-0.2, -0.15) is 5.10 Å². The van der Waals surface area contributed by atoms with E-state index in [1.165, 1.54) is 0 Å². The van der Waals surface area contributed by atoms with Crippen molar-refractivity contribution >= 4 is 5.91 Å². The fourth-order valence-corrected chi connectivity index (χ4v) is 4.50. The number of carbonyl (C=O) groups is 1. The summed E-state index contributed by atoms with van der Waals surface area (Å²) in [6.45, 7) is 3.03. The van der Waals surface area contributed by atoms with E-state index in [0.29, 0.717) is 25.3 Å². The molecule has 1 amide bonds. The fourth-order valence-electron chi connectivity index (χ4n) is 4.50. The molecule has 0 unspecified atom stereocenters. The first kappa shape index (κ1) is 22.1. The molecule has 5 rings (SSSR count). The van der Waals surface area contributed by atoms with Gasteiger partial charge in [-0.05, 0) is 29.8 Å². The lowest BCUT2D eigenvalue weighted by atomic mass is 10.0. The molecule has 0 fully saturated rings. The molecule has 1 aliphatic rings. The van der Waals surface area contributed by atoms with Crippen LogP contribution in [0.4, 0.5) is 0 Å². The van der Waals surface area contributed by atoms with E-state index >= 15 is 0 Å². The number of hydrogen-bond donors (Lipinski definition) is 2. The van der Waals surface area contributed by atoms with E-state index in [2.05, 4.69) is 30.9 Å². The van der Waals surface area contributed by atoms with Crippen LogP contribution in [0, 0.1) is 0 Å². The van der Waals surface area contributed by atoms with Crippen molar-refractivity contribution < 1.29 is 9.90 Å². The molecule has 4 heterocycles. The number of hydrogen-bond acceptors (Lipinski definition) is 5. The number of nitrogens with one attached hydrogen (secondary N) is 1. The van der Waals surface area contributed by atoms with Crippen LogP contribution < -0.4 is 5.32 Å². The minimum absolute atomic E-state index is 0.0134. The fraction of sp³-hybridized carbons (Fsp3) is 0.269. The summed E-state index contributed by atoms with van der Waals surface area (Å²) in [7, 11) is 0. The largest absolute Gasteiger partial charge is 0.394 e. The highest BCUT2D eigenvalue weighted by molar-refractivity contribution is 5.94. The van der Waals surface area contributed by atoms with Gasteiger partial charge in [-0.3, -0.25) is 14.4 Å². The van der Waals surface area contributed by atoms with E-state index in [0.717, 1.165) is 47.8 Å². The Labute approximate surface area is 198 Å². The van der Waals surface area contributed by atoms with E-state index in [9.17, 15) is 9.90 Å². The standard InChI is InChI=1S/C26H28N6O2/c33-16-15-32-23-11-14-30(18-21-9-6-13-31(21)24-10-4-5-12-27-24)19-22(23)25(29-32)26(34)28-17-20-7-2-1-3-8-20/h1-10,12-13,33H,11,14-19H2,(H,28,34). The maximum atomic E-state index is 13.1. The number of amides is 1. The number of rotatable bonds is 8. The smallest absolute Gasteiger partial charge is 0.272 e. The number of pyridine rings is 1. The Balaban J connectivity index is 1.35. The van der Waals surface area contributed by atoms with Crippen LogP contribution in [0.15, 0.2) is 73.1 Å². The number of aliphatic hydroxyl groups excluding tert-OH is 1. The minimum Gasteiger partial charge on any atom is -0.394 e. The molecule has 174 valence electrons. The van der Waals surface area contributed by atoms with E-state index in [-0.39, 0.29) is 12.5 Å². The van der Waals surface area contributed by atoms with E-state index in [1.807, 2.05) is 60.8 Å². The highest BCUT2D eigenvalue weighted by atomic mass is 16.3. The van der Waals surface area contributed by atoms with Gasteiger partial charge in [0.1, 0.15) is 5.82 Å². The molecule has 0 spiro atoms. The van der Waals surface area contributed by atoms with Gasteiger partial charge in [0.05, 0.1) is 13.2 Å². The molecule has 8 nitrogen and oxygen atoms in total. The lowest BCUT2D eigenvalue weighted by Crippen LogP contribution is -2.33. The Morgan fingerprint density at radius 3 is 2.71 bits per heavy atom. The Kier molecular flexibility index (Phi) is 6.51. The first-order chi connectivity index (χ1) is 16.7. The molecule has 0 radical (unpaired) electrons. The molecule has 0 bridgehead atoms. The third kappa shape index (κ3) is 4.64. The Morgan fingerprint density at radius 2 is 1.91 bits per heavy atom. The van der Waals surface area contributed by atoms with Crippen LogP contribution in [0.25, 0.3) is 5.82 Å². The predicted octanol–water partition coefficient (Wildman–Crippen LogP) is 2.55. The quantitative estimate of drug-likeness (QED) is 0.426. The topological polar surface area (TPSA) is 88.2 Å². The average Bonchev–Trinajstić information content (AvgIpc) is 3.49. The van der Waals surface area contributed by atoms with Gasteiger partial charge < -0.3 is 15.0 Å². The average molecular weight is 457 g/mol. The first-order valence-electron chi connectivity index (χ1n) is 11.5. The van der Waals surface area contributed by atoms with Crippen molar-refractivity contribution in [2.45, 2.75) is 32.6 Å². The monoisotopic (exact) mass is 456 g/mol. The van der Waals surface area contributed by atoms with Gasteiger partial charge in [0.25, 0.3) is 5.91 Å². The highest BCUT2D eigenvalue weighted by Gasteiger charge is 2.28. The van der Waals surface area contributed by atoms with Crippen molar-refractivity contribution in [3.8, 4) is 5.82 Å². The van der Waals surface area contributed by atoms with Gasteiger partial charge in [-0.1, -0.05) is 36.4 Å². The zero-order valence-corrected chi connectivity index (χ0v) is 19.0. The van der Waals surface area contributed by atoms with E-state index < -0.39 is 0 Å². The highest BCUT2D eigenvalue weighted by Crippen LogP contribution is 2.25. The van der Waals surface area contributed by atoms with Crippen molar-refractivity contribution in [2.24, 2.45) is 0 Å². The van der Waals surface area contributed by atoms with Crippen LogP contribution in [-0.4, -0.2) is 48.4 Å². The Hall–Kier alpha value is -3.75. The maximum absolute atomic E-state index is 13.1. The summed E-state index contributed by atoms with van der Waals surface area (Å²) in [5.41, 5.74) is 4.61. The van der Waals surface area contributed by atoms with Gasteiger partial charge in [-0.25, -0.2) is 4.98 Å². The molecule has 3 aromatic heterocycles. The number of aromatic nitrogens is 4. The third-order valence-electron chi connectivity index (χ3n) is 6.15. The summed E-state index contributed by atoms with van der Waals surface area (Å²) in [6.07, 6.45) is 4.59. The molecule has 34 heavy (non-hydrogen) atoms. The third-order valence-corrected chi connectivity index (χ3v) is 6.15. The van der Waals surface area contributed by atoms with E-state index in [4.69, 9.17) is 0 Å². The number of benzene rings is 1. The molecule has 4 aromatic rings. The summed E-state index contributed by atoms with van der Waals surface area (Å²) >= 11 is 0. The Bertz CT molecular complexity index is 1250. The molecular formula is C26H28N6O2. The van der Waals surface area contributed by atoms with Gasteiger partial charge in [0.15, 0.2) is 5.69 Å². The van der Waals surface area contributed by atoms with Gasteiger partial charge in [-0.15, -0.1) is 0 Å². The summed E-state index contributed by atoms with van der Waals surface area (Å²) in [5.74, 6) is 0.701. The molecular weight excluding hydrogens is 428 g/mol. The van der Waals surface area contributed by atoms with Crippen LogP contribution >= 0.6 is 0 Å². The van der Waals surface area contributed by atoms with Crippen LogP contribution in [0.3, 0.4) is 0 Å². The van der Waals surface area contributed by atoms with Crippen molar-refractivity contribution in [1.82, 2.24) is 29.5 Å². The lowest BCUT2D eigenvalue weighted by Gasteiger charge is -2.28. The molecule has 1 aromatic carbocycles. The molecule has 0 aliphatic carbocycles. The molecule has 0 saturated carbocycles. The second-order valence-electron chi connectivity index (χ2n) is 8.41. The maximum Gasteiger partial charge on any atom is 0.272 e. The zero-order chi connectivity index (χ0) is 23.3. The number of carbonyl (C=O) groups excluding carboxylic acids is 1. The summed E-state index contributed by atoms with van der Waals surface area (Å²) in [5, 5.41) is 17.1. The second kappa shape index (κ2) is 10.0. The molecule has 1 aliphatic heterocycles. The molecule has 2 N–H and O–H groups in total. The van der Waals surface area contributed by atoms with Crippen LogP contribution in [0.2, 0.25) is 0 Å².